The van der Waals surface area contributed by atoms with Crippen LogP contribution in [-0.2, 0) is 18.8 Å². The Morgan fingerprint density at radius 1 is 1.38 bits per heavy atom. The SMILES string of the molecule is COC(=O)[C@@H]1CC(=O)[C@@H](C)[C@H](CO[Si](C)(C)C(C)(C)C)N1. The van der Waals surface area contributed by atoms with E-state index < -0.39 is 14.4 Å². The number of methoxy groups -OCH3 is 1. The first kappa shape index (κ1) is 18.3. The summed E-state index contributed by atoms with van der Waals surface area (Å²) in [6.45, 7) is 13.2. The Balaban J connectivity index is 2.72. The zero-order chi connectivity index (χ0) is 16.4. The smallest absolute Gasteiger partial charge is 0.323 e. The van der Waals surface area contributed by atoms with Gasteiger partial charge in [-0.2, -0.15) is 0 Å². The number of Topliss-reactive ketones (excluding diaryl/α,β-unsaturated/α-hetero) is 1. The van der Waals surface area contributed by atoms with E-state index >= 15 is 0 Å². The molecule has 0 unspecified atom stereocenters. The summed E-state index contributed by atoms with van der Waals surface area (Å²) in [6, 6.07) is -0.684. The van der Waals surface area contributed by atoms with Crippen molar-refractivity contribution in [3.8, 4) is 0 Å². The first-order valence-corrected chi connectivity index (χ1v) is 10.4. The van der Waals surface area contributed by atoms with E-state index in [2.05, 4.69) is 39.2 Å². The van der Waals surface area contributed by atoms with Crippen molar-refractivity contribution in [2.75, 3.05) is 13.7 Å². The largest absolute Gasteiger partial charge is 0.468 e. The Labute approximate surface area is 128 Å². The van der Waals surface area contributed by atoms with Crippen molar-refractivity contribution in [2.24, 2.45) is 5.92 Å². The van der Waals surface area contributed by atoms with Gasteiger partial charge in [-0.05, 0) is 18.1 Å². The van der Waals surface area contributed by atoms with Gasteiger partial charge in [-0.3, -0.25) is 14.9 Å². The maximum Gasteiger partial charge on any atom is 0.323 e. The van der Waals surface area contributed by atoms with Crippen LogP contribution in [0.15, 0.2) is 0 Å². The Bertz CT molecular complexity index is 403. The van der Waals surface area contributed by atoms with Crippen molar-refractivity contribution in [3.05, 3.63) is 0 Å². The third-order valence-corrected chi connectivity index (χ3v) is 9.35. The number of hydrogen-bond donors (Lipinski definition) is 1. The maximum absolute atomic E-state index is 12.1. The Morgan fingerprint density at radius 3 is 2.43 bits per heavy atom. The van der Waals surface area contributed by atoms with Crippen LogP contribution in [0.25, 0.3) is 0 Å². The minimum Gasteiger partial charge on any atom is -0.468 e. The highest BCUT2D eigenvalue weighted by molar-refractivity contribution is 6.74. The summed E-state index contributed by atoms with van der Waals surface area (Å²) in [4.78, 5) is 23.7. The molecule has 0 amide bonds. The summed E-state index contributed by atoms with van der Waals surface area (Å²) in [7, 11) is -0.525. The van der Waals surface area contributed by atoms with Crippen LogP contribution in [0, 0.1) is 5.92 Å². The van der Waals surface area contributed by atoms with Gasteiger partial charge in [0.15, 0.2) is 8.32 Å². The molecule has 1 rings (SSSR count). The van der Waals surface area contributed by atoms with E-state index in [1.807, 2.05) is 6.92 Å². The summed E-state index contributed by atoms with van der Waals surface area (Å²) in [6.07, 6.45) is 0.199. The average Bonchev–Trinajstić information content (AvgIpc) is 2.38. The number of rotatable bonds is 4. The number of carbonyl (C=O) groups excluding carboxylic acids is 2. The number of ketones is 1. The molecular weight excluding hydrogens is 286 g/mol. The molecule has 0 radical (unpaired) electrons. The highest BCUT2D eigenvalue weighted by Crippen LogP contribution is 2.36. The van der Waals surface area contributed by atoms with Gasteiger partial charge in [-0.15, -0.1) is 0 Å². The molecule has 0 aromatic rings. The fraction of sp³-hybridized carbons (Fsp3) is 0.867. The molecule has 5 nitrogen and oxygen atoms in total. The lowest BCUT2D eigenvalue weighted by molar-refractivity contribution is -0.147. The molecule has 1 N–H and O–H groups in total. The first-order valence-electron chi connectivity index (χ1n) is 7.50. The van der Waals surface area contributed by atoms with Gasteiger partial charge >= 0.3 is 5.97 Å². The molecule has 0 saturated carbocycles. The molecule has 0 spiro atoms. The van der Waals surface area contributed by atoms with Gasteiger partial charge in [0.2, 0.25) is 0 Å². The Morgan fingerprint density at radius 2 is 1.95 bits per heavy atom. The second-order valence-corrected chi connectivity index (χ2v) is 12.2. The molecule has 1 heterocycles. The van der Waals surface area contributed by atoms with Crippen LogP contribution in [-0.4, -0.2) is 45.9 Å². The molecular formula is C15H29NO4Si. The fourth-order valence-electron chi connectivity index (χ4n) is 2.07. The monoisotopic (exact) mass is 315 g/mol. The topological polar surface area (TPSA) is 64.6 Å². The van der Waals surface area contributed by atoms with Crippen molar-refractivity contribution in [1.29, 1.82) is 0 Å². The maximum atomic E-state index is 12.1. The summed E-state index contributed by atoms with van der Waals surface area (Å²) < 4.78 is 10.9. The van der Waals surface area contributed by atoms with Crippen molar-refractivity contribution in [1.82, 2.24) is 5.32 Å². The minimum atomic E-state index is -1.87. The lowest BCUT2D eigenvalue weighted by atomic mass is 9.88. The van der Waals surface area contributed by atoms with Crippen LogP contribution in [0.1, 0.15) is 34.1 Å². The third-order valence-electron chi connectivity index (χ3n) is 4.85. The highest BCUT2D eigenvalue weighted by atomic mass is 28.4. The van der Waals surface area contributed by atoms with E-state index in [-0.39, 0.29) is 35.2 Å². The third kappa shape index (κ3) is 4.37. The second kappa shape index (κ2) is 6.58. The zero-order valence-electron chi connectivity index (χ0n) is 14.3. The van der Waals surface area contributed by atoms with E-state index in [0.29, 0.717) is 6.61 Å². The molecule has 0 aliphatic carbocycles. The lowest BCUT2D eigenvalue weighted by Crippen LogP contribution is -2.57. The molecule has 3 atom stereocenters. The van der Waals surface area contributed by atoms with E-state index in [4.69, 9.17) is 9.16 Å². The van der Waals surface area contributed by atoms with Gasteiger partial charge in [-0.1, -0.05) is 27.7 Å². The van der Waals surface area contributed by atoms with Crippen LogP contribution in [0.3, 0.4) is 0 Å². The summed E-state index contributed by atoms with van der Waals surface area (Å²) >= 11 is 0. The molecule has 1 aliphatic rings. The molecule has 21 heavy (non-hydrogen) atoms. The zero-order valence-corrected chi connectivity index (χ0v) is 15.3. The molecule has 1 saturated heterocycles. The number of esters is 1. The number of piperidine rings is 1. The van der Waals surface area contributed by atoms with E-state index in [1.165, 1.54) is 7.11 Å². The number of hydrogen-bond acceptors (Lipinski definition) is 5. The van der Waals surface area contributed by atoms with Gasteiger partial charge in [0.05, 0.1) is 7.11 Å². The van der Waals surface area contributed by atoms with Crippen LogP contribution in [0.4, 0.5) is 0 Å². The van der Waals surface area contributed by atoms with Gasteiger partial charge in [-0.25, -0.2) is 0 Å². The van der Waals surface area contributed by atoms with E-state index in [0.717, 1.165) is 0 Å². The molecule has 0 aromatic heterocycles. The lowest BCUT2D eigenvalue weighted by Gasteiger charge is -2.40. The van der Waals surface area contributed by atoms with Gasteiger partial charge in [0.25, 0.3) is 0 Å². The van der Waals surface area contributed by atoms with Crippen molar-refractivity contribution in [2.45, 2.75) is 64.3 Å². The second-order valence-electron chi connectivity index (χ2n) is 7.38. The summed E-state index contributed by atoms with van der Waals surface area (Å²) in [5, 5.41) is 3.33. The van der Waals surface area contributed by atoms with E-state index in [1.54, 1.807) is 0 Å². The molecule has 1 aliphatic heterocycles. The molecule has 0 aromatic carbocycles. The number of nitrogens with one attached hydrogen (secondary N) is 1. The quantitative estimate of drug-likeness (QED) is 0.636. The highest BCUT2D eigenvalue weighted by Gasteiger charge is 2.41. The van der Waals surface area contributed by atoms with Crippen molar-refractivity contribution in [3.63, 3.8) is 0 Å². The average molecular weight is 315 g/mol. The molecule has 0 bridgehead atoms. The van der Waals surface area contributed by atoms with Crippen molar-refractivity contribution < 1.29 is 18.8 Å². The standard InChI is InChI=1S/C15H29NO4Si/c1-10-12(9-20-21(6,7)15(2,3)4)16-11(8-13(10)17)14(18)19-5/h10-12,16H,8-9H2,1-7H3/t10-,11-,12-/m0/s1. The molecule has 6 heteroatoms. The Hall–Kier alpha value is -0.723. The van der Waals surface area contributed by atoms with Crippen LogP contribution in [0.2, 0.25) is 18.1 Å². The normalized spacial score (nSPS) is 27.6. The Kier molecular flexibility index (Phi) is 5.74. The van der Waals surface area contributed by atoms with Gasteiger partial charge < -0.3 is 9.16 Å². The first-order chi connectivity index (χ1) is 9.49. The van der Waals surface area contributed by atoms with Crippen molar-refractivity contribution >= 4 is 20.1 Å². The van der Waals surface area contributed by atoms with Gasteiger partial charge in [0.1, 0.15) is 11.8 Å². The molecule has 1 fully saturated rings. The van der Waals surface area contributed by atoms with Gasteiger partial charge in [0, 0.05) is 25.0 Å². The van der Waals surface area contributed by atoms with E-state index in [9.17, 15) is 9.59 Å². The summed E-state index contributed by atoms with van der Waals surface area (Å²) in [5.74, 6) is -0.434. The predicted molar refractivity (Wildman–Crippen MR) is 84.7 cm³/mol. The predicted octanol–water partition coefficient (Wildman–Crippen LogP) is 2.12. The van der Waals surface area contributed by atoms with Crippen LogP contribution < -0.4 is 5.32 Å². The van der Waals surface area contributed by atoms with Crippen LogP contribution in [0.5, 0.6) is 0 Å². The number of carbonyl (C=O) groups is 2. The molecule has 122 valence electrons. The number of ether oxygens (including phenoxy) is 1. The van der Waals surface area contributed by atoms with Crippen LogP contribution >= 0.6 is 0 Å². The minimum absolute atomic E-state index is 0.0907. The fourth-order valence-corrected chi connectivity index (χ4v) is 3.10. The summed E-state index contributed by atoms with van der Waals surface area (Å²) in [5.41, 5.74) is 0.